The minimum absolute atomic E-state index is 0.0407. The summed E-state index contributed by atoms with van der Waals surface area (Å²) in [4.78, 5) is 12.3. The molecule has 0 heterocycles. The van der Waals surface area contributed by atoms with Gasteiger partial charge in [0, 0.05) is 16.3 Å². The summed E-state index contributed by atoms with van der Waals surface area (Å²) in [7, 11) is 4.63. The van der Waals surface area contributed by atoms with E-state index in [1.54, 1.807) is 14.2 Å². The second kappa shape index (κ2) is 8.15. The lowest BCUT2D eigenvalue weighted by Gasteiger charge is -2.33. The Morgan fingerprint density at radius 2 is 1.70 bits per heavy atom. The number of carbonyl (C=O) groups is 1. The molecule has 30 heavy (non-hydrogen) atoms. The van der Waals surface area contributed by atoms with Crippen LogP contribution in [0.3, 0.4) is 0 Å². The number of hydrogen-bond donors (Lipinski definition) is 0. The molecular formula is C25H23BrO4. The molecule has 0 spiro atoms. The number of rotatable bonds is 4. The zero-order valence-corrected chi connectivity index (χ0v) is 18.9. The van der Waals surface area contributed by atoms with Crippen LogP contribution in [0.2, 0.25) is 0 Å². The second-order valence-corrected chi connectivity index (χ2v) is 8.24. The highest BCUT2D eigenvalue weighted by Crippen LogP contribution is 2.46. The molecule has 0 fully saturated rings. The van der Waals surface area contributed by atoms with Gasteiger partial charge in [0.15, 0.2) is 0 Å². The smallest absolute Gasteiger partial charge is 0.341 e. The maximum Gasteiger partial charge on any atom is 0.341 e. The Morgan fingerprint density at radius 1 is 0.967 bits per heavy atom. The Balaban J connectivity index is 1.79. The molecule has 0 N–H and O–H groups in total. The highest BCUT2D eigenvalue weighted by Gasteiger charge is 2.36. The van der Waals surface area contributed by atoms with E-state index < -0.39 is 5.97 Å². The van der Waals surface area contributed by atoms with Gasteiger partial charge in [-0.25, -0.2) is 4.79 Å². The number of allylic oxidation sites excluding steroid dienone is 6. The molecule has 2 aromatic carbocycles. The quantitative estimate of drug-likeness (QED) is 0.534. The fraction of sp³-hybridized carbons (Fsp3) is 0.240. The fourth-order valence-electron chi connectivity index (χ4n) is 4.23. The van der Waals surface area contributed by atoms with Crippen LogP contribution in [-0.4, -0.2) is 27.3 Å². The average molecular weight is 467 g/mol. The van der Waals surface area contributed by atoms with Gasteiger partial charge in [-0.05, 0) is 47.0 Å². The van der Waals surface area contributed by atoms with Gasteiger partial charge in [0.25, 0.3) is 0 Å². The minimum atomic E-state index is -0.397. The van der Waals surface area contributed by atoms with Crippen LogP contribution in [0.1, 0.15) is 12.5 Å². The van der Waals surface area contributed by atoms with Crippen molar-refractivity contribution >= 4 is 38.2 Å². The predicted octanol–water partition coefficient (Wildman–Crippen LogP) is 5.79. The highest BCUT2D eigenvalue weighted by atomic mass is 79.9. The van der Waals surface area contributed by atoms with E-state index in [1.165, 1.54) is 12.7 Å². The molecule has 0 radical (unpaired) electrons. The number of ether oxygens (including phenoxy) is 3. The van der Waals surface area contributed by atoms with Gasteiger partial charge >= 0.3 is 5.97 Å². The number of benzene rings is 2. The standard InChI is InChI=1S/C25H23BrO4/c1-14-19(17-6-5-16-12-18(28-2)8-7-15(16)11-17)9-10-20-21(14)13-22(25(27)30-4)24(29-3)23(20)26/h5-13,20-21H,1-4H3. The summed E-state index contributed by atoms with van der Waals surface area (Å²) in [5.41, 5.74) is 3.96. The van der Waals surface area contributed by atoms with Crippen molar-refractivity contribution in [2.75, 3.05) is 21.3 Å². The first-order valence-corrected chi connectivity index (χ1v) is 10.5. The number of esters is 1. The summed E-state index contributed by atoms with van der Waals surface area (Å²) in [5, 5.41) is 2.29. The van der Waals surface area contributed by atoms with Crippen LogP contribution in [0.5, 0.6) is 5.75 Å². The summed E-state index contributed by atoms with van der Waals surface area (Å²) in [6.07, 6.45) is 6.29. The van der Waals surface area contributed by atoms with Gasteiger partial charge in [-0.2, -0.15) is 0 Å². The van der Waals surface area contributed by atoms with E-state index in [2.05, 4.69) is 59.3 Å². The van der Waals surface area contributed by atoms with E-state index in [0.717, 1.165) is 32.1 Å². The first kappa shape index (κ1) is 20.5. The Bertz CT molecular complexity index is 1150. The molecule has 2 aromatic rings. The van der Waals surface area contributed by atoms with Gasteiger partial charge < -0.3 is 14.2 Å². The van der Waals surface area contributed by atoms with Gasteiger partial charge in [0.1, 0.15) is 11.5 Å². The van der Waals surface area contributed by atoms with E-state index in [4.69, 9.17) is 14.2 Å². The molecule has 5 heteroatoms. The van der Waals surface area contributed by atoms with E-state index in [9.17, 15) is 4.79 Å². The Kier molecular flexibility index (Phi) is 5.56. The molecule has 0 amide bonds. The second-order valence-electron chi connectivity index (χ2n) is 7.39. The Hall–Kier alpha value is -2.79. The third-order valence-corrected chi connectivity index (χ3v) is 6.74. The molecule has 0 saturated heterocycles. The van der Waals surface area contributed by atoms with Crippen LogP contribution in [0.25, 0.3) is 16.3 Å². The van der Waals surface area contributed by atoms with Gasteiger partial charge in [-0.1, -0.05) is 57.9 Å². The zero-order chi connectivity index (χ0) is 21.4. The molecule has 0 aromatic heterocycles. The SMILES string of the molecule is COC(=O)C1=CC2C(C)=C(c3ccc4cc(OC)ccc4c3)C=CC2C(Br)=C1OC. The minimum Gasteiger partial charge on any atom is -0.497 e. The molecule has 2 unspecified atom stereocenters. The van der Waals surface area contributed by atoms with E-state index >= 15 is 0 Å². The maximum absolute atomic E-state index is 12.3. The van der Waals surface area contributed by atoms with Gasteiger partial charge in [-0.3, -0.25) is 0 Å². The van der Waals surface area contributed by atoms with Crippen molar-refractivity contribution in [1.82, 2.24) is 0 Å². The van der Waals surface area contributed by atoms with Crippen molar-refractivity contribution < 1.29 is 19.0 Å². The van der Waals surface area contributed by atoms with E-state index in [0.29, 0.717) is 11.3 Å². The first-order chi connectivity index (χ1) is 14.5. The molecule has 154 valence electrons. The fourth-order valence-corrected chi connectivity index (χ4v) is 5.04. The Morgan fingerprint density at radius 3 is 2.40 bits per heavy atom. The molecule has 0 aliphatic heterocycles. The monoisotopic (exact) mass is 466 g/mol. The summed E-state index contributed by atoms with van der Waals surface area (Å²) in [6, 6.07) is 12.5. The predicted molar refractivity (Wildman–Crippen MR) is 122 cm³/mol. The lowest BCUT2D eigenvalue weighted by Crippen LogP contribution is -2.25. The molecule has 0 saturated carbocycles. The van der Waals surface area contributed by atoms with Crippen LogP contribution >= 0.6 is 15.9 Å². The van der Waals surface area contributed by atoms with Crippen LogP contribution in [0.4, 0.5) is 0 Å². The maximum atomic E-state index is 12.3. The molecule has 2 atom stereocenters. The first-order valence-electron chi connectivity index (χ1n) is 9.69. The van der Waals surface area contributed by atoms with E-state index in [1.807, 2.05) is 18.2 Å². The summed E-state index contributed by atoms with van der Waals surface area (Å²) >= 11 is 3.66. The molecule has 2 aliphatic rings. The zero-order valence-electron chi connectivity index (χ0n) is 17.4. The van der Waals surface area contributed by atoms with Crippen molar-refractivity contribution in [3.8, 4) is 5.75 Å². The average Bonchev–Trinajstić information content (AvgIpc) is 2.78. The third kappa shape index (κ3) is 3.37. The third-order valence-electron chi connectivity index (χ3n) is 5.85. The number of hydrogen-bond acceptors (Lipinski definition) is 4. The number of carbonyl (C=O) groups excluding carboxylic acids is 1. The number of halogens is 1. The van der Waals surface area contributed by atoms with Crippen molar-refractivity contribution in [2.24, 2.45) is 11.8 Å². The van der Waals surface area contributed by atoms with Gasteiger partial charge in [0.05, 0.1) is 26.9 Å². The lowest BCUT2D eigenvalue weighted by molar-refractivity contribution is -0.136. The van der Waals surface area contributed by atoms with Gasteiger partial charge in [0.2, 0.25) is 0 Å². The molecule has 0 bridgehead atoms. The summed E-state index contributed by atoms with van der Waals surface area (Å²) in [5.74, 6) is 1.11. The lowest BCUT2D eigenvalue weighted by atomic mass is 9.74. The van der Waals surface area contributed by atoms with Crippen LogP contribution in [0.15, 0.2) is 76.0 Å². The largest absolute Gasteiger partial charge is 0.497 e. The topological polar surface area (TPSA) is 44.8 Å². The Labute approximate surface area is 184 Å². The number of fused-ring (bicyclic) bond motifs is 2. The van der Waals surface area contributed by atoms with E-state index in [-0.39, 0.29) is 11.8 Å². The van der Waals surface area contributed by atoms with Crippen LogP contribution < -0.4 is 4.74 Å². The molecule has 2 aliphatic carbocycles. The van der Waals surface area contributed by atoms with Crippen molar-refractivity contribution in [2.45, 2.75) is 6.92 Å². The number of methoxy groups -OCH3 is 3. The molecule has 4 nitrogen and oxygen atoms in total. The highest BCUT2D eigenvalue weighted by molar-refractivity contribution is 9.11. The summed E-state index contributed by atoms with van der Waals surface area (Å²) < 4.78 is 16.7. The molecule has 4 rings (SSSR count). The normalized spacial score (nSPS) is 20.8. The van der Waals surface area contributed by atoms with Crippen molar-refractivity contribution in [1.29, 1.82) is 0 Å². The van der Waals surface area contributed by atoms with Crippen molar-refractivity contribution in [3.05, 3.63) is 81.6 Å². The van der Waals surface area contributed by atoms with Crippen LogP contribution in [0, 0.1) is 11.8 Å². The molecular weight excluding hydrogens is 444 g/mol. The summed E-state index contributed by atoms with van der Waals surface area (Å²) in [6.45, 7) is 2.12. The van der Waals surface area contributed by atoms with Gasteiger partial charge in [-0.15, -0.1) is 0 Å². The van der Waals surface area contributed by atoms with Crippen LogP contribution in [-0.2, 0) is 14.3 Å². The van der Waals surface area contributed by atoms with Crippen molar-refractivity contribution in [3.63, 3.8) is 0 Å².